The Balaban J connectivity index is 1.77. The summed E-state index contributed by atoms with van der Waals surface area (Å²) >= 11 is 1.54. The van der Waals surface area contributed by atoms with Crippen molar-refractivity contribution in [3.63, 3.8) is 0 Å². The number of carbonyl (C=O) groups excluding carboxylic acids is 1. The molecule has 1 heterocycles. The lowest BCUT2D eigenvalue weighted by Gasteiger charge is -2.26. The fourth-order valence-corrected chi connectivity index (χ4v) is 2.91. The highest BCUT2D eigenvalue weighted by molar-refractivity contribution is 7.08. The third kappa shape index (κ3) is 3.99. The Morgan fingerprint density at radius 2 is 2.06 bits per heavy atom. The van der Waals surface area contributed by atoms with Crippen LogP contribution in [0.1, 0.15) is 38.5 Å². The van der Waals surface area contributed by atoms with Gasteiger partial charge in [0.15, 0.2) is 0 Å². The molecule has 1 fully saturated rings. The van der Waals surface area contributed by atoms with Gasteiger partial charge in [0.2, 0.25) is 0 Å². The highest BCUT2D eigenvalue weighted by Gasteiger charge is 2.28. The number of thiophene rings is 1. The average Bonchev–Trinajstić information content (AvgIpc) is 2.75. The molecule has 1 saturated carbocycles. The van der Waals surface area contributed by atoms with E-state index in [1.54, 1.807) is 0 Å². The second kappa shape index (κ2) is 6.20. The van der Waals surface area contributed by atoms with Gasteiger partial charge in [-0.15, -0.1) is 0 Å². The topological polar surface area (TPSA) is 61.4 Å². The van der Waals surface area contributed by atoms with Crippen molar-refractivity contribution in [3.8, 4) is 0 Å². The van der Waals surface area contributed by atoms with Crippen LogP contribution in [0.15, 0.2) is 16.8 Å². The summed E-state index contributed by atoms with van der Waals surface area (Å²) in [6.07, 6.45) is 6.03. The molecule has 0 bridgehead atoms. The first-order chi connectivity index (χ1) is 8.68. The summed E-state index contributed by atoms with van der Waals surface area (Å²) < 4.78 is 0. The van der Waals surface area contributed by atoms with Crippen LogP contribution in [0.2, 0.25) is 0 Å². The Labute approximate surface area is 111 Å². The summed E-state index contributed by atoms with van der Waals surface area (Å²) in [7, 11) is 0. The second-order valence-electron chi connectivity index (χ2n) is 4.96. The largest absolute Gasteiger partial charge is 0.388 e. The van der Waals surface area contributed by atoms with Gasteiger partial charge >= 0.3 is 6.03 Å². The third-order valence-electron chi connectivity index (χ3n) is 3.39. The molecule has 1 aromatic rings. The van der Waals surface area contributed by atoms with Crippen LogP contribution in [0.25, 0.3) is 0 Å². The van der Waals surface area contributed by atoms with Gasteiger partial charge in [0.1, 0.15) is 0 Å². The molecule has 1 aromatic heterocycles. The van der Waals surface area contributed by atoms with Crippen molar-refractivity contribution < 1.29 is 9.90 Å². The highest BCUT2D eigenvalue weighted by Crippen LogP contribution is 2.26. The molecule has 0 unspecified atom stereocenters. The summed E-state index contributed by atoms with van der Waals surface area (Å²) in [5.74, 6) is 0. The molecular formula is C13H20N2O2S. The monoisotopic (exact) mass is 268 g/mol. The molecular weight excluding hydrogens is 248 g/mol. The van der Waals surface area contributed by atoms with Crippen LogP contribution in [-0.2, 0) is 0 Å². The number of rotatable bonds is 3. The van der Waals surface area contributed by atoms with Crippen LogP contribution < -0.4 is 10.6 Å². The first-order valence-corrected chi connectivity index (χ1v) is 7.42. The standard InChI is InChI=1S/C13H20N2O2S/c16-12(15-11-5-8-18-9-11)14-10-13(17)6-3-1-2-4-7-13/h5,8-9,17H,1-4,6-7,10H2,(H2,14,15,16). The van der Waals surface area contributed by atoms with E-state index in [9.17, 15) is 9.90 Å². The summed E-state index contributed by atoms with van der Waals surface area (Å²) in [5.41, 5.74) is 0.0769. The lowest BCUT2D eigenvalue weighted by molar-refractivity contribution is 0.0281. The smallest absolute Gasteiger partial charge is 0.319 e. The minimum Gasteiger partial charge on any atom is -0.388 e. The Morgan fingerprint density at radius 1 is 1.33 bits per heavy atom. The molecule has 2 rings (SSSR count). The molecule has 3 N–H and O–H groups in total. The molecule has 5 heteroatoms. The summed E-state index contributed by atoms with van der Waals surface area (Å²) in [4.78, 5) is 11.7. The van der Waals surface area contributed by atoms with Gasteiger partial charge in [-0.1, -0.05) is 25.7 Å². The predicted molar refractivity (Wildman–Crippen MR) is 74.0 cm³/mol. The molecule has 1 aliphatic carbocycles. The molecule has 0 aliphatic heterocycles. The Kier molecular flexibility index (Phi) is 4.60. The van der Waals surface area contributed by atoms with Crippen LogP contribution in [0.3, 0.4) is 0 Å². The zero-order valence-electron chi connectivity index (χ0n) is 10.4. The van der Waals surface area contributed by atoms with Crippen molar-refractivity contribution in [2.24, 2.45) is 0 Å². The summed E-state index contributed by atoms with van der Waals surface area (Å²) in [6.45, 7) is 0.336. The van der Waals surface area contributed by atoms with Gasteiger partial charge in [-0.05, 0) is 24.3 Å². The van der Waals surface area contributed by atoms with E-state index in [0.717, 1.165) is 31.4 Å². The van der Waals surface area contributed by atoms with Crippen molar-refractivity contribution in [2.75, 3.05) is 11.9 Å². The van der Waals surface area contributed by atoms with E-state index in [4.69, 9.17) is 0 Å². The number of urea groups is 1. The van der Waals surface area contributed by atoms with E-state index in [2.05, 4.69) is 10.6 Å². The number of carbonyl (C=O) groups is 1. The minimum atomic E-state index is -0.720. The van der Waals surface area contributed by atoms with Crippen molar-refractivity contribution in [2.45, 2.75) is 44.1 Å². The van der Waals surface area contributed by atoms with Gasteiger partial charge in [-0.3, -0.25) is 0 Å². The molecule has 2 amide bonds. The van der Waals surface area contributed by atoms with E-state index in [-0.39, 0.29) is 6.03 Å². The van der Waals surface area contributed by atoms with E-state index in [1.165, 1.54) is 24.2 Å². The molecule has 0 spiro atoms. The summed E-state index contributed by atoms with van der Waals surface area (Å²) in [5, 5.41) is 19.7. The fourth-order valence-electron chi connectivity index (χ4n) is 2.32. The van der Waals surface area contributed by atoms with Crippen molar-refractivity contribution in [3.05, 3.63) is 16.8 Å². The van der Waals surface area contributed by atoms with E-state index < -0.39 is 5.60 Å². The molecule has 0 saturated heterocycles. The number of nitrogens with one attached hydrogen (secondary N) is 2. The SMILES string of the molecule is O=C(NCC1(O)CCCCCC1)Nc1ccsc1. The predicted octanol–water partition coefficient (Wildman–Crippen LogP) is 2.95. The maximum Gasteiger partial charge on any atom is 0.319 e. The number of hydrogen-bond acceptors (Lipinski definition) is 3. The van der Waals surface area contributed by atoms with Gasteiger partial charge in [-0.25, -0.2) is 4.79 Å². The van der Waals surface area contributed by atoms with Crippen LogP contribution >= 0.6 is 11.3 Å². The zero-order valence-corrected chi connectivity index (χ0v) is 11.3. The molecule has 100 valence electrons. The Bertz CT molecular complexity index is 370. The second-order valence-corrected chi connectivity index (χ2v) is 5.74. The lowest BCUT2D eigenvalue weighted by Crippen LogP contribution is -2.44. The molecule has 0 radical (unpaired) electrons. The average molecular weight is 268 g/mol. The van der Waals surface area contributed by atoms with E-state index in [0.29, 0.717) is 6.54 Å². The number of anilines is 1. The van der Waals surface area contributed by atoms with Gasteiger partial charge in [-0.2, -0.15) is 11.3 Å². The van der Waals surface area contributed by atoms with Crippen molar-refractivity contribution in [1.82, 2.24) is 5.32 Å². The van der Waals surface area contributed by atoms with Gasteiger partial charge in [0.05, 0.1) is 11.3 Å². The Morgan fingerprint density at radius 3 is 2.67 bits per heavy atom. The highest BCUT2D eigenvalue weighted by atomic mass is 32.1. The van der Waals surface area contributed by atoms with Crippen molar-refractivity contribution >= 4 is 23.1 Å². The molecule has 0 atom stereocenters. The van der Waals surface area contributed by atoms with Crippen LogP contribution in [0.5, 0.6) is 0 Å². The number of amides is 2. The fraction of sp³-hybridized carbons (Fsp3) is 0.615. The first kappa shape index (κ1) is 13.4. The van der Waals surface area contributed by atoms with Crippen molar-refractivity contribution in [1.29, 1.82) is 0 Å². The minimum absolute atomic E-state index is 0.244. The van der Waals surface area contributed by atoms with Crippen LogP contribution in [0.4, 0.5) is 10.5 Å². The molecule has 1 aliphatic rings. The quantitative estimate of drug-likeness (QED) is 0.738. The Hall–Kier alpha value is -1.07. The van der Waals surface area contributed by atoms with Crippen LogP contribution in [-0.4, -0.2) is 23.3 Å². The van der Waals surface area contributed by atoms with Gasteiger partial charge in [0.25, 0.3) is 0 Å². The zero-order chi connectivity index (χ0) is 12.8. The van der Waals surface area contributed by atoms with Gasteiger partial charge < -0.3 is 15.7 Å². The maximum atomic E-state index is 11.7. The first-order valence-electron chi connectivity index (χ1n) is 6.47. The normalized spacial score (nSPS) is 18.9. The molecule has 18 heavy (non-hydrogen) atoms. The number of aliphatic hydroxyl groups is 1. The summed E-state index contributed by atoms with van der Waals surface area (Å²) in [6, 6.07) is 1.61. The molecule has 4 nitrogen and oxygen atoms in total. The lowest BCUT2D eigenvalue weighted by atomic mass is 9.95. The maximum absolute atomic E-state index is 11.7. The van der Waals surface area contributed by atoms with E-state index in [1.807, 2.05) is 16.8 Å². The van der Waals surface area contributed by atoms with Gasteiger partial charge in [0, 0.05) is 11.9 Å². The number of hydrogen-bond donors (Lipinski definition) is 3. The van der Waals surface area contributed by atoms with Crippen LogP contribution in [0, 0.1) is 0 Å². The molecule has 0 aromatic carbocycles. The third-order valence-corrected chi connectivity index (χ3v) is 4.07. The van der Waals surface area contributed by atoms with E-state index >= 15 is 0 Å².